The van der Waals surface area contributed by atoms with Gasteiger partial charge in [0, 0.05) is 11.7 Å². The summed E-state index contributed by atoms with van der Waals surface area (Å²) in [6, 6.07) is 5.89. The van der Waals surface area contributed by atoms with E-state index in [4.69, 9.17) is 11.6 Å². The highest BCUT2D eigenvalue weighted by Gasteiger charge is 2.23. The summed E-state index contributed by atoms with van der Waals surface area (Å²) in [5.74, 6) is 0.907. The molecule has 0 heterocycles. The fraction of sp³-hybridized carbons (Fsp3) is 0.571. The number of hydrogen-bond acceptors (Lipinski definition) is 2. The van der Waals surface area contributed by atoms with E-state index in [9.17, 15) is 5.11 Å². The number of halogens is 1. The molecule has 0 aliphatic heterocycles. The maximum absolute atomic E-state index is 9.39. The lowest BCUT2D eigenvalue weighted by molar-refractivity contribution is 0.317. The molecule has 1 aliphatic rings. The van der Waals surface area contributed by atoms with Crippen LogP contribution in [0.1, 0.15) is 39.0 Å². The zero-order chi connectivity index (χ0) is 12.3. The Morgan fingerprint density at radius 3 is 2.82 bits per heavy atom. The van der Waals surface area contributed by atoms with E-state index >= 15 is 0 Å². The molecule has 2 nitrogen and oxygen atoms in total. The van der Waals surface area contributed by atoms with E-state index in [1.807, 2.05) is 6.07 Å². The van der Waals surface area contributed by atoms with Crippen molar-refractivity contribution in [3.05, 3.63) is 23.2 Å². The average Bonchev–Trinajstić information content (AvgIpc) is 2.34. The van der Waals surface area contributed by atoms with Crippen molar-refractivity contribution in [2.45, 2.75) is 45.1 Å². The highest BCUT2D eigenvalue weighted by Crippen LogP contribution is 2.31. The molecule has 3 heteroatoms. The maximum Gasteiger partial charge on any atom is 0.134 e. The SMILES string of the molecule is CCC1CCCCC1Nc1ccc(O)c(Cl)c1. The molecular weight excluding hydrogens is 234 g/mol. The van der Waals surface area contributed by atoms with Crippen molar-refractivity contribution in [2.24, 2.45) is 5.92 Å². The molecular formula is C14H20ClNO. The van der Waals surface area contributed by atoms with Crippen LogP contribution in [0.2, 0.25) is 5.02 Å². The number of nitrogens with one attached hydrogen (secondary N) is 1. The third kappa shape index (κ3) is 3.06. The van der Waals surface area contributed by atoms with Crippen LogP contribution >= 0.6 is 11.6 Å². The van der Waals surface area contributed by atoms with E-state index < -0.39 is 0 Å². The van der Waals surface area contributed by atoms with Gasteiger partial charge in [0.1, 0.15) is 5.75 Å². The second-order valence-electron chi connectivity index (χ2n) is 4.87. The number of rotatable bonds is 3. The van der Waals surface area contributed by atoms with E-state index in [0.29, 0.717) is 11.1 Å². The molecule has 0 saturated heterocycles. The summed E-state index contributed by atoms with van der Waals surface area (Å²) >= 11 is 5.91. The Morgan fingerprint density at radius 1 is 1.35 bits per heavy atom. The van der Waals surface area contributed by atoms with E-state index in [1.54, 1.807) is 12.1 Å². The minimum absolute atomic E-state index is 0.146. The first-order valence-electron chi connectivity index (χ1n) is 6.45. The zero-order valence-corrected chi connectivity index (χ0v) is 11.0. The molecule has 2 atom stereocenters. The van der Waals surface area contributed by atoms with Crippen molar-refractivity contribution in [1.29, 1.82) is 0 Å². The van der Waals surface area contributed by atoms with Gasteiger partial charge in [-0.25, -0.2) is 0 Å². The van der Waals surface area contributed by atoms with Crippen molar-refractivity contribution in [2.75, 3.05) is 5.32 Å². The Balaban J connectivity index is 2.05. The van der Waals surface area contributed by atoms with Gasteiger partial charge in [0.05, 0.1) is 5.02 Å². The number of phenols is 1. The summed E-state index contributed by atoms with van der Waals surface area (Å²) in [6.45, 7) is 2.26. The summed E-state index contributed by atoms with van der Waals surface area (Å²) < 4.78 is 0. The van der Waals surface area contributed by atoms with Crippen LogP contribution in [0, 0.1) is 5.92 Å². The third-order valence-electron chi connectivity index (χ3n) is 3.73. The maximum atomic E-state index is 9.39. The molecule has 17 heavy (non-hydrogen) atoms. The standard InChI is InChI=1S/C14H20ClNO/c1-2-10-5-3-4-6-13(10)16-11-7-8-14(17)12(15)9-11/h7-10,13,16-17H,2-6H2,1H3. The minimum Gasteiger partial charge on any atom is -0.506 e. The molecule has 1 saturated carbocycles. The molecule has 0 amide bonds. The summed E-state index contributed by atoms with van der Waals surface area (Å²) in [5, 5.41) is 13.4. The molecule has 2 rings (SSSR count). The summed E-state index contributed by atoms with van der Waals surface area (Å²) in [6.07, 6.45) is 6.44. The van der Waals surface area contributed by atoms with Gasteiger partial charge in [0.15, 0.2) is 0 Å². The Bertz CT molecular complexity index is 380. The van der Waals surface area contributed by atoms with Crippen molar-refractivity contribution in [3.63, 3.8) is 0 Å². The number of benzene rings is 1. The van der Waals surface area contributed by atoms with E-state index in [-0.39, 0.29) is 5.75 Å². The van der Waals surface area contributed by atoms with Gasteiger partial charge >= 0.3 is 0 Å². The Labute approximate surface area is 108 Å². The smallest absolute Gasteiger partial charge is 0.134 e. The molecule has 2 N–H and O–H groups in total. The first kappa shape index (κ1) is 12.6. The second kappa shape index (κ2) is 5.63. The summed E-state index contributed by atoms with van der Waals surface area (Å²) in [4.78, 5) is 0. The van der Waals surface area contributed by atoms with Crippen molar-refractivity contribution in [3.8, 4) is 5.75 Å². The largest absolute Gasteiger partial charge is 0.506 e. The Hall–Kier alpha value is -0.890. The number of phenolic OH excluding ortho intramolecular Hbond substituents is 1. The molecule has 1 aliphatic carbocycles. The number of anilines is 1. The molecule has 1 fully saturated rings. The van der Waals surface area contributed by atoms with Crippen molar-refractivity contribution in [1.82, 2.24) is 0 Å². The predicted molar refractivity (Wildman–Crippen MR) is 72.8 cm³/mol. The van der Waals surface area contributed by atoms with Crippen molar-refractivity contribution >= 4 is 17.3 Å². The van der Waals surface area contributed by atoms with Crippen molar-refractivity contribution < 1.29 is 5.11 Å². The monoisotopic (exact) mass is 253 g/mol. The molecule has 1 aromatic carbocycles. The van der Waals surface area contributed by atoms with Crippen LogP contribution in [0.15, 0.2) is 18.2 Å². The quantitative estimate of drug-likeness (QED) is 0.782. The molecule has 0 radical (unpaired) electrons. The molecule has 2 unspecified atom stereocenters. The normalized spacial score (nSPS) is 24.6. The van der Waals surface area contributed by atoms with Gasteiger partial charge in [-0.05, 0) is 37.0 Å². The van der Waals surface area contributed by atoms with Gasteiger partial charge in [-0.15, -0.1) is 0 Å². The Kier molecular flexibility index (Phi) is 4.16. The van der Waals surface area contributed by atoms with Crippen LogP contribution in [0.3, 0.4) is 0 Å². The first-order valence-corrected chi connectivity index (χ1v) is 6.83. The number of aromatic hydroxyl groups is 1. The van der Waals surface area contributed by atoms with Crippen LogP contribution in [0.5, 0.6) is 5.75 Å². The topological polar surface area (TPSA) is 32.3 Å². The van der Waals surface area contributed by atoms with E-state index in [1.165, 1.54) is 32.1 Å². The molecule has 0 spiro atoms. The van der Waals surface area contributed by atoms with Gasteiger partial charge in [0.2, 0.25) is 0 Å². The van der Waals surface area contributed by atoms with Gasteiger partial charge in [0.25, 0.3) is 0 Å². The number of hydrogen-bond donors (Lipinski definition) is 2. The lowest BCUT2D eigenvalue weighted by Gasteiger charge is -2.32. The Morgan fingerprint density at radius 2 is 2.12 bits per heavy atom. The van der Waals surface area contributed by atoms with Crippen LogP contribution < -0.4 is 5.32 Å². The lowest BCUT2D eigenvalue weighted by atomic mass is 9.83. The minimum atomic E-state index is 0.146. The van der Waals surface area contributed by atoms with E-state index in [2.05, 4.69) is 12.2 Å². The van der Waals surface area contributed by atoms with Gasteiger partial charge in [-0.1, -0.05) is 37.8 Å². The predicted octanol–water partition coefficient (Wildman–Crippen LogP) is 4.43. The van der Waals surface area contributed by atoms with E-state index in [0.717, 1.165) is 11.6 Å². The highest BCUT2D eigenvalue weighted by atomic mass is 35.5. The van der Waals surface area contributed by atoms with Crippen LogP contribution in [-0.2, 0) is 0 Å². The highest BCUT2D eigenvalue weighted by molar-refractivity contribution is 6.32. The lowest BCUT2D eigenvalue weighted by Crippen LogP contribution is -2.31. The molecule has 0 bridgehead atoms. The zero-order valence-electron chi connectivity index (χ0n) is 10.2. The third-order valence-corrected chi connectivity index (χ3v) is 4.04. The summed E-state index contributed by atoms with van der Waals surface area (Å²) in [5.41, 5.74) is 1.01. The molecule has 94 valence electrons. The van der Waals surface area contributed by atoms with Crippen LogP contribution in [-0.4, -0.2) is 11.1 Å². The molecule has 0 aromatic heterocycles. The first-order chi connectivity index (χ1) is 8.20. The van der Waals surface area contributed by atoms with Gasteiger partial charge < -0.3 is 10.4 Å². The second-order valence-corrected chi connectivity index (χ2v) is 5.28. The van der Waals surface area contributed by atoms with Crippen LogP contribution in [0.25, 0.3) is 0 Å². The summed E-state index contributed by atoms with van der Waals surface area (Å²) in [7, 11) is 0. The van der Waals surface area contributed by atoms with Crippen LogP contribution in [0.4, 0.5) is 5.69 Å². The fourth-order valence-corrected chi connectivity index (χ4v) is 2.88. The molecule has 1 aromatic rings. The fourth-order valence-electron chi connectivity index (χ4n) is 2.70. The average molecular weight is 254 g/mol. The van der Waals surface area contributed by atoms with Gasteiger partial charge in [-0.3, -0.25) is 0 Å². The van der Waals surface area contributed by atoms with Gasteiger partial charge in [-0.2, -0.15) is 0 Å².